The van der Waals surface area contributed by atoms with Gasteiger partial charge in [0.2, 0.25) is 0 Å². The van der Waals surface area contributed by atoms with Gasteiger partial charge in [0.1, 0.15) is 0 Å². The number of aliphatic hydroxyl groups is 1. The molecule has 2 saturated carbocycles. The van der Waals surface area contributed by atoms with Crippen molar-refractivity contribution in [2.24, 2.45) is 17.8 Å². The van der Waals surface area contributed by atoms with Gasteiger partial charge in [0.15, 0.2) is 14.6 Å². The van der Waals surface area contributed by atoms with E-state index < -0.39 is 20.4 Å². The summed E-state index contributed by atoms with van der Waals surface area (Å²) >= 11 is 0. The molecule has 0 radical (unpaired) electrons. The van der Waals surface area contributed by atoms with Gasteiger partial charge in [-0.1, -0.05) is 40.0 Å². The first-order chi connectivity index (χ1) is 16.0. The Morgan fingerprint density at radius 1 is 1.06 bits per heavy atom. The highest BCUT2D eigenvalue weighted by atomic mass is 28.4. The summed E-state index contributed by atoms with van der Waals surface area (Å²) in [7, 11) is -1.93. The summed E-state index contributed by atoms with van der Waals surface area (Å²) in [6.45, 7) is 12.3. The lowest BCUT2D eigenvalue weighted by atomic mass is 9.80. The molecule has 0 aromatic heterocycles. The Kier molecular flexibility index (Phi) is 10.1. The summed E-state index contributed by atoms with van der Waals surface area (Å²) in [5.74, 6) is -0.519. The summed E-state index contributed by atoms with van der Waals surface area (Å²) < 4.78 is 19.2. The number of hydrogen-bond acceptors (Lipinski definition) is 5. The summed E-state index contributed by atoms with van der Waals surface area (Å²) in [6, 6.07) is 0. The molecule has 6 nitrogen and oxygen atoms in total. The van der Waals surface area contributed by atoms with Crippen molar-refractivity contribution < 1.29 is 28.9 Å². The summed E-state index contributed by atoms with van der Waals surface area (Å²) in [5, 5.41) is 20.5. The van der Waals surface area contributed by atoms with Gasteiger partial charge in [-0.05, 0) is 74.9 Å². The Morgan fingerprint density at radius 2 is 1.74 bits per heavy atom. The van der Waals surface area contributed by atoms with E-state index in [0.717, 1.165) is 32.1 Å². The molecule has 34 heavy (non-hydrogen) atoms. The fourth-order valence-electron chi connectivity index (χ4n) is 6.02. The summed E-state index contributed by atoms with van der Waals surface area (Å²) in [4.78, 5) is 11.6. The van der Waals surface area contributed by atoms with Gasteiger partial charge in [-0.2, -0.15) is 0 Å². The minimum absolute atomic E-state index is 0.00555. The van der Waals surface area contributed by atoms with Crippen molar-refractivity contribution in [1.29, 1.82) is 0 Å². The monoisotopic (exact) mass is 498 g/mol. The molecule has 1 saturated heterocycles. The van der Waals surface area contributed by atoms with Crippen LogP contribution in [0.5, 0.6) is 0 Å². The Morgan fingerprint density at radius 3 is 2.32 bits per heavy atom. The topological polar surface area (TPSA) is 85.2 Å². The molecule has 2 N–H and O–H groups in total. The van der Waals surface area contributed by atoms with Crippen molar-refractivity contribution in [3.63, 3.8) is 0 Å². The second-order valence-corrected chi connectivity index (χ2v) is 17.3. The van der Waals surface area contributed by atoms with Gasteiger partial charge in [-0.15, -0.1) is 0 Å². The van der Waals surface area contributed by atoms with Gasteiger partial charge in [-0.25, -0.2) is 0 Å². The predicted molar refractivity (Wildman–Crippen MR) is 136 cm³/mol. The van der Waals surface area contributed by atoms with E-state index in [1.54, 1.807) is 0 Å². The quantitative estimate of drug-likeness (QED) is 0.353. The van der Waals surface area contributed by atoms with Crippen LogP contribution in [0.1, 0.15) is 97.8 Å². The predicted octanol–water partition coefficient (Wildman–Crippen LogP) is 6.12. The van der Waals surface area contributed by atoms with E-state index in [1.165, 1.54) is 32.1 Å². The normalized spacial score (nSPS) is 32.6. The minimum Gasteiger partial charge on any atom is -0.481 e. The zero-order valence-corrected chi connectivity index (χ0v) is 23.3. The first kappa shape index (κ1) is 28.1. The van der Waals surface area contributed by atoms with Crippen molar-refractivity contribution in [1.82, 2.24) is 0 Å². The molecule has 1 unspecified atom stereocenters. The fourth-order valence-corrected chi connectivity index (χ4v) is 7.44. The zero-order valence-electron chi connectivity index (χ0n) is 22.3. The maximum absolute atomic E-state index is 11.6. The van der Waals surface area contributed by atoms with Crippen LogP contribution in [0.15, 0.2) is 0 Å². The molecule has 3 fully saturated rings. The van der Waals surface area contributed by atoms with Crippen LogP contribution in [0.4, 0.5) is 0 Å². The average molecular weight is 499 g/mol. The van der Waals surface area contributed by atoms with Crippen LogP contribution >= 0.6 is 0 Å². The third-order valence-electron chi connectivity index (χ3n) is 9.08. The number of ether oxygens (including phenoxy) is 2. The molecule has 0 bridgehead atoms. The van der Waals surface area contributed by atoms with Crippen molar-refractivity contribution >= 4 is 14.3 Å². The molecule has 1 aliphatic heterocycles. The molecule has 3 rings (SSSR count). The fraction of sp³-hybridized carbons (Fsp3) is 0.963. The van der Waals surface area contributed by atoms with Crippen molar-refractivity contribution in [2.75, 3.05) is 6.61 Å². The molecule has 0 amide bonds. The Labute approximate surface area is 208 Å². The van der Waals surface area contributed by atoms with Crippen LogP contribution in [0.2, 0.25) is 18.1 Å². The minimum atomic E-state index is -1.93. The first-order valence-corrected chi connectivity index (χ1v) is 16.7. The number of carboxylic acids is 1. The van der Waals surface area contributed by atoms with Gasteiger partial charge in [0.05, 0.1) is 18.6 Å². The lowest BCUT2D eigenvalue weighted by molar-refractivity contribution is -0.197. The molecule has 0 spiro atoms. The zero-order chi connectivity index (χ0) is 24.9. The molecule has 1 heterocycles. The molecule has 3 aliphatic rings. The summed E-state index contributed by atoms with van der Waals surface area (Å²) in [6.07, 6.45) is 10.8. The maximum Gasteiger partial charge on any atom is 0.303 e. The number of carboxylic acid groups (broad SMARTS) is 1. The highest BCUT2D eigenvalue weighted by Crippen LogP contribution is 2.44. The Bertz CT molecular complexity index is 636. The van der Waals surface area contributed by atoms with E-state index in [2.05, 4.69) is 33.9 Å². The number of aliphatic carboxylic acids is 1. The van der Waals surface area contributed by atoms with E-state index in [4.69, 9.17) is 13.9 Å². The van der Waals surface area contributed by atoms with Crippen molar-refractivity contribution in [3.8, 4) is 0 Å². The van der Waals surface area contributed by atoms with Crippen molar-refractivity contribution in [3.05, 3.63) is 0 Å². The Hall–Kier alpha value is -0.473. The first-order valence-electron chi connectivity index (χ1n) is 13.8. The number of aliphatic hydroxyl groups excluding tert-OH is 1. The SMILES string of the molecule is CC(C)(C)[Si](C)(C)O[C@H](CC[C@H]1[C@@H](CC(=O)O)[C@@H](O)C[C@H]1OC1CCCCO1)C1CCCCC1. The molecule has 6 atom stereocenters. The van der Waals surface area contributed by atoms with Gasteiger partial charge in [0.25, 0.3) is 0 Å². The third-order valence-corrected chi connectivity index (χ3v) is 13.6. The standard InChI is InChI=1S/C27H50O6Si/c1-27(2,3)34(4,5)33-23(19-11-7-6-8-12-19)15-14-20-21(17-25(29)30)22(28)18-24(20)32-26-13-9-10-16-31-26/h19-24,26,28H,6-18H2,1-5H3,(H,29,30)/t20-,21+,22-,23+,24+,26?/m0/s1. The molecule has 0 aromatic carbocycles. The van der Waals surface area contributed by atoms with Crippen LogP contribution in [-0.2, 0) is 18.7 Å². The molecular formula is C27H50O6Si. The second-order valence-electron chi connectivity index (χ2n) is 12.6. The van der Waals surface area contributed by atoms with Crippen LogP contribution in [0, 0.1) is 17.8 Å². The smallest absolute Gasteiger partial charge is 0.303 e. The van der Waals surface area contributed by atoms with Crippen LogP contribution < -0.4 is 0 Å². The number of rotatable bonds is 10. The number of hydrogen-bond donors (Lipinski definition) is 2. The van der Waals surface area contributed by atoms with Crippen LogP contribution in [-0.4, -0.2) is 55.7 Å². The van der Waals surface area contributed by atoms with E-state index in [-0.39, 0.29) is 41.8 Å². The number of carbonyl (C=O) groups is 1. The highest BCUT2D eigenvalue weighted by molar-refractivity contribution is 6.74. The molecule has 2 aliphatic carbocycles. The van der Waals surface area contributed by atoms with E-state index in [9.17, 15) is 15.0 Å². The largest absolute Gasteiger partial charge is 0.481 e. The highest BCUT2D eigenvalue weighted by Gasteiger charge is 2.46. The van der Waals surface area contributed by atoms with E-state index in [1.807, 2.05) is 0 Å². The molecular weight excluding hydrogens is 448 g/mol. The third kappa shape index (κ3) is 7.51. The average Bonchev–Trinajstić information content (AvgIpc) is 3.05. The second kappa shape index (κ2) is 12.2. The van der Waals surface area contributed by atoms with Gasteiger partial charge >= 0.3 is 5.97 Å². The van der Waals surface area contributed by atoms with Crippen LogP contribution in [0.25, 0.3) is 0 Å². The molecule has 0 aromatic rings. The lowest BCUT2D eigenvalue weighted by Crippen LogP contribution is -2.46. The van der Waals surface area contributed by atoms with Crippen LogP contribution in [0.3, 0.4) is 0 Å². The van der Waals surface area contributed by atoms with Gasteiger partial charge in [0, 0.05) is 25.0 Å². The molecule has 198 valence electrons. The maximum atomic E-state index is 11.6. The van der Waals surface area contributed by atoms with E-state index in [0.29, 0.717) is 18.9 Å². The molecule has 7 heteroatoms. The van der Waals surface area contributed by atoms with Crippen molar-refractivity contribution in [2.45, 2.75) is 141 Å². The Balaban J connectivity index is 1.74. The lowest BCUT2D eigenvalue weighted by Gasteiger charge is -2.43. The van der Waals surface area contributed by atoms with Gasteiger partial charge < -0.3 is 24.1 Å². The van der Waals surface area contributed by atoms with E-state index >= 15 is 0 Å². The summed E-state index contributed by atoms with van der Waals surface area (Å²) in [5.41, 5.74) is 0. The van der Waals surface area contributed by atoms with Gasteiger partial charge in [-0.3, -0.25) is 4.79 Å².